The summed E-state index contributed by atoms with van der Waals surface area (Å²) in [5.41, 5.74) is 2.59. The molecule has 3 heteroatoms. The van der Waals surface area contributed by atoms with E-state index in [4.69, 9.17) is 4.74 Å². The van der Waals surface area contributed by atoms with E-state index in [1.54, 1.807) is 0 Å². The van der Waals surface area contributed by atoms with Crippen molar-refractivity contribution >= 4 is 0 Å². The first-order chi connectivity index (χ1) is 8.63. The van der Waals surface area contributed by atoms with Gasteiger partial charge in [0.25, 0.3) is 0 Å². The number of nitrogens with zero attached hydrogens (tertiary/aromatic N) is 2. The second kappa shape index (κ2) is 5.81. The van der Waals surface area contributed by atoms with Crippen LogP contribution in [0.4, 0.5) is 0 Å². The molecule has 0 aliphatic carbocycles. The number of methoxy groups -OCH3 is 1. The van der Waals surface area contributed by atoms with E-state index < -0.39 is 0 Å². The molecule has 0 spiro atoms. The number of aromatic nitrogens is 1. The van der Waals surface area contributed by atoms with E-state index in [2.05, 4.69) is 42.1 Å². The topological polar surface area (TPSA) is 25.4 Å². The summed E-state index contributed by atoms with van der Waals surface area (Å²) in [6.07, 6.45) is 3.44. The molecular weight excluding hydrogens is 224 g/mol. The average Bonchev–Trinajstić information content (AvgIpc) is 2.34. The van der Waals surface area contributed by atoms with Crippen molar-refractivity contribution in [2.24, 2.45) is 5.41 Å². The SMILES string of the molecule is COCC1(Cc2cccc(C)n2)CCN(C)CC1. The van der Waals surface area contributed by atoms with Gasteiger partial charge in [0.15, 0.2) is 0 Å². The summed E-state index contributed by atoms with van der Waals surface area (Å²) >= 11 is 0. The highest BCUT2D eigenvalue weighted by Gasteiger charge is 2.34. The lowest BCUT2D eigenvalue weighted by molar-refractivity contribution is 0.0274. The van der Waals surface area contributed by atoms with Crippen molar-refractivity contribution in [2.75, 3.05) is 33.9 Å². The molecule has 0 saturated carbocycles. The first-order valence-corrected chi connectivity index (χ1v) is 6.74. The van der Waals surface area contributed by atoms with E-state index >= 15 is 0 Å². The van der Waals surface area contributed by atoms with Gasteiger partial charge in [-0.3, -0.25) is 4.98 Å². The second-order valence-corrected chi connectivity index (χ2v) is 5.68. The minimum absolute atomic E-state index is 0.280. The Bertz CT molecular complexity index is 384. The quantitative estimate of drug-likeness (QED) is 0.817. The van der Waals surface area contributed by atoms with E-state index in [0.29, 0.717) is 0 Å². The molecule has 0 atom stereocenters. The highest BCUT2D eigenvalue weighted by molar-refractivity contribution is 5.12. The van der Waals surface area contributed by atoms with Crippen LogP contribution in [-0.2, 0) is 11.2 Å². The first kappa shape index (κ1) is 13.5. The first-order valence-electron chi connectivity index (χ1n) is 6.74. The molecule has 0 amide bonds. The Kier molecular flexibility index (Phi) is 4.36. The highest BCUT2D eigenvalue weighted by Crippen LogP contribution is 2.34. The van der Waals surface area contributed by atoms with Crippen molar-refractivity contribution in [3.05, 3.63) is 29.6 Å². The fourth-order valence-electron chi connectivity index (χ4n) is 2.85. The smallest absolute Gasteiger partial charge is 0.0523 e. The van der Waals surface area contributed by atoms with E-state index in [1.807, 2.05) is 7.11 Å². The Balaban J connectivity index is 2.10. The van der Waals surface area contributed by atoms with Gasteiger partial charge in [0.05, 0.1) is 6.61 Å². The van der Waals surface area contributed by atoms with Crippen LogP contribution in [0.1, 0.15) is 24.2 Å². The predicted octanol–water partition coefficient (Wildman–Crippen LogP) is 2.29. The third-order valence-corrected chi connectivity index (χ3v) is 4.00. The summed E-state index contributed by atoms with van der Waals surface area (Å²) in [6, 6.07) is 6.30. The third kappa shape index (κ3) is 3.30. The Morgan fingerprint density at radius 1 is 1.33 bits per heavy atom. The van der Waals surface area contributed by atoms with Gasteiger partial charge in [0.2, 0.25) is 0 Å². The summed E-state index contributed by atoms with van der Waals surface area (Å²) in [7, 11) is 4.01. The molecule has 1 saturated heterocycles. The molecule has 0 N–H and O–H groups in total. The van der Waals surface area contributed by atoms with Gasteiger partial charge in [0, 0.05) is 23.9 Å². The number of piperidine rings is 1. The van der Waals surface area contributed by atoms with Gasteiger partial charge in [-0.25, -0.2) is 0 Å². The van der Waals surface area contributed by atoms with Crippen LogP contribution in [0.15, 0.2) is 18.2 Å². The van der Waals surface area contributed by atoms with E-state index in [1.165, 1.54) is 18.5 Å². The van der Waals surface area contributed by atoms with Gasteiger partial charge in [-0.2, -0.15) is 0 Å². The zero-order valence-corrected chi connectivity index (χ0v) is 11.8. The summed E-state index contributed by atoms with van der Waals surface area (Å²) in [5.74, 6) is 0. The van der Waals surface area contributed by atoms with Crippen LogP contribution in [-0.4, -0.2) is 43.7 Å². The van der Waals surface area contributed by atoms with Crippen LogP contribution in [0, 0.1) is 12.3 Å². The molecule has 18 heavy (non-hydrogen) atoms. The normalized spacial score (nSPS) is 19.9. The van der Waals surface area contributed by atoms with Crippen LogP contribution in [0.3, 0.4) is 0 Å². The molecule has 2 heterocycles. The summed E-state index contributed by atoms with van der Waals surface area (Å²) in [5, 5.41) is 0. The minimum Gasteiger partial charge on any atom is -0.384 e. The fourth-order valence-corrected chi connectivity index (χ4v) is 2.85. The number of aryl methyl sites for hydroxylation is 1. The largest absolute Gasteiger partial charge is 0.384 e. The highest BCUT2D eigenvalue weighted by atomic mass is 16.5. The summed E-state index contributed by atoms with van der Waals surface area (Å²) in [4.78, 5) is 7.04. The number of rotatable bonds is 4. The Morgan fingerprint density at radius 2 is 2.06 bits per heavy atom. The fraction of sp³-hybridized carbons (Fsp3) is 0.667. The third-order valence-electron chi connectivity index (χ3n) is 4.00. The monoisotopic (exact) mass is 248 g/mol. The van der Waals surface area contributed by atoms with Crippen LogP contribution in [0.5, 0.6) is 0 Å². The van der Waals surface area contributed by atoms with Crippen molar-refractivity contribution in [3.63, 3.8) is 0 Å². The molecule has 0 aromatic carbocycles. The predicted molar refractivity (Wildman–Crippen MR) is 73.7 cm³/mol. The zero-order valence-electron chi connectivity index (χ0n) is 11.8. The zero-order chi connectivity index (χ0) is 13.0. The Morgan fingerprint density at radius 3 is 2.67 bits per heavy atom. The standard InChI is InChI=1S/C15H24N2O/c1-13-5-4-6-14(16-13)11-15(12-18-3)7-9-17(2)10-8-15/h4-6H,7-12H2,1-3H3. The van der Waals surface area contributed by atoms with Gasteiger partial charge >= 0.3 is 0 Å². The van der Waals surface area contributed by atoms with Crippen LogP contribution < -0.4 is 0 Å². The van der Waals surface area contributed by atoms with Crippen molar-refractivity contribution in [2.45, 2.75) is 26.2 Å². The van der Waals surface area contributed by atoms with Crippen molar-refractivity contribution in [1.29, 1.82) is 0 Å². The molecule has 1 aliphatic heterocycles. The molecule has 2 rings (SSSR count). The molecule has 1 aromatic rings. The molecule has 1 aliphatic rings. The molecule has 100 valence electrons. The van der Waals surface area contributed by atoms with Gasteiger partial charge in [-0.1, -0.05) is 6.07 Å². The van der Waals surface area contributed by atoms with Crippen molar-refractivity contribution in [3.8, 4) is 0 Å². The van der Waals surface area contributed by atoms with E-state index in [9.17, 15) is 0 Å². The molecule has 0 bridgehead atoms. The van der Waals surface area contributed by atoms with Crippen molar-refractivity contribution < 1.29 is 4.74 Å². The van der Waals surface area contributed by atoms with E-state index in [0.717, 1.165) is 31.8 Å². The van der Waals surface area contributed by atoms with Gasteiger partial charge < -0.3 is 9.64 Å². The number of hydrogen-bond donors (Lipinski definition) is 0. The summed E-state index contributed by atoms with van der Waals surface area (Å²) < 4.78 is 5.48. The molecule has 0 unspecified atom stereocenters. The van der Waals surface area contributed by atoms with Crippen LogP contribution >= 0.6 is 0 Å². The molecule has 1 aromatic heterocycles. The van der Waals surface area contributed by atoms with Crippen molar-refractivity contribution in [1.82, 2.24) is 9.88 Å². The van der Waals surface area contributed by atoms with Gasteiger partial charge in [-0.15, -0.1) is 0 Å². The second-order valence-electron chi connectivity index (χ2n) is 5.68. The number of likely N-dealkylation sites (tertiary alicyclic amines) is 1. The maximum atomic E-state index is 5.48. The number of ether oxygens (including phenoxy) is 1. The average molecular weight is 248 g/mol. The molecular formula is C15H24N2O. The lowest BCUT2D eigenvalue weighted by Gasteiger charge is -2.40. The minimum atomic E-state index is 0.280. The van der Waals surface area contributed by atoms with E-state index in [-0.39, 0.29) is 5.41 Å². The van der Waals surface area contributed by atoms with Gasteiger partial charge in [-0.05, 0) is 58.5 Å². The van der Waals surface area contributed by atoms with Crippen LogP contribution in [0.25, 0.3) is 0 Å². The molecule has 0 radical (unpaired) electrons. The lowest BCUT2D eigenvalue weighted by atomic mass is 9.75. The number of hydrogen-bond acceptors (Lipinski definition) is 3. The van der Waals surface area contributed by atoms with Gasteiger partial charge in [0.1, 0.15) is 0 Å². The Labute approximate surface area is 110 Å². The maximum absolute atomic E-state index is 5.48. The number of pyridine rings is 1. The molecule has 1 fully saturated rings. The van der Waals surface area contributed by atoms with Crippen LogP contribution in [0.2, 0.25) is 0 Å². The maximum Gasteiger partial charge on any atom is 0.0523 e. The summed E-state index contributed by atoms with van der Waals surface area (Å²) in [6.45, 7) is 5.22. The molecule has 3 nitrogen and oxygen atoms in total. The Hall–Kier alpha value is -0.930. The lowest BCUT2D eigenvalue weighted by Crippen LogP contribution is -2.42.